The van der Waals surface area contributed by atoms with Crippen molar-refractivity contribution in [1.29, 1.82) is 0 Å². The van der Waals surface area contributed by atoms with Crippen molar-refractivity contribution >= 4 is 23.4 Å². The number of aromatic nitrogens is 3. The molecule has 148 valence electrons. The van der Waals surface area contributed by atoms with E-state index in [0.717, 1.165) is 6.07 Å². The number of nitrogens with zero attached hydrogens (tertiary/aromatic N) is 4. The Hall–Kier alpha value is -3.53. The first-order chi connectivity index (χ1) is 13.9. The molecule has 0 fully saturated rings. The molecule has 0 atom stereocenters. The van der Waals surface area contributed by atoms with E-state index in [1.165, 1.54) is 30.0 Å². The van der Waals surface area contributed by atoms with Crippen LogP contribution in [0.1, 0.15) is 15.9 Å². The zero-order chi connectivity index (χ0) is 21.0. The third-order valence-corrected chi connectivity index (χ3v) is 5.08. The fraction of sp³-hybridized carbons (Fsp3) is 0.105. The van der Waals surface area contributed by atoms with E-state index in [1.807, 2.05) is 0 Å². The number of nitrogens with two attached hydrogens (primary N) is 1. The lowest BCUT2D eigenvalue weighted by Gasteiger charge is -2.09. The summed E-state index contributed by atoms with van der Waals surface area (Å²) in [6.45, 7) is 4.04. The number of thioether (sulfide) groups is 1. The Kier molecular flexibility index (Phi) is 6.03. The first kappa shape index (κ1) is 20.2. The highest BCUT2D eigenvalue weighted by atomic mass is 32.2. The van der Waals surface area contributed by atoms with Gasteiger partial charge in [0.05, 0.1) is 10.5 Å². The van der Waals surface area contributed by atoms with Crippen molar-refractivity contribution in [2.75, 3.05) is 0 Å². The van der Waals surface area contributed by atoms with E-state index in [0.29, 0.717) is 28.7 Å². The summed E-state index contributed by atoms with van der Waals surface area (Å²) in [7, 11) is 0. The molecule has 1 heterocycles. The summed E-state index contributed by atoms with van der Waals surface area (Å²) in [5.74, 6) is -0.641. The van der Waals surface area contributed by atoms with Crippen molar-refractivity contribution in [2.45, 2.75) is 17.5 Å². The number of hydrogen-bond donors (Lipinski definition) is 1. The third-order valence-electron chi connectivity index (χ3n) is 4.07. The van der Waals surface area contributed by atoms with Crippen LogP contribution in [0.25, 0.3) is 11.4 Å². The van der Waals surface area contributed by atoms with Gasteiger partial charge in [-0.25, -0.2) is 4.39 Å². The van der Waals surface area contributed by atoms with Crippen LogP contribution in [0.15, 0.2) is 60.3 Å². The number of nitro benzene ring substituents is 1. The number of nitro groups is 1. The number of halogens is 1. The fourth-order valence-electron chi connectivity index (χ4n) is 2.68. The average molecular weight is 413 g/mol. The number of allylic oxidation sites excluding steroid dienone is 1. The van der Waals surface area contributed by atoms with E-state index in [9.17, 15) is 19.3 Å². The Labute approximate surface area is 169 Å². The molecular weight excluding hydrogens is 397 g/mol. The van der Waals surface area contributed by atoms with Crippen LogP contribution in [0.3, 0.4) is 0 Å². The summed E-state index contributed by atoms with van der Waals surface area (Å²) in [5.41, 5.74) is 5.73. The molecule has 0 aliphatic carbocycles. The summed E-state index contributed by atoms with van der Waals surface area (Å²) >= 11 is 1.21. The van der Waals surface area contributed by atoms with Gasteiger partial charge in [0.1, 0.15) is 5.82 Å². The summed E-state index contributed by atoms with van der Waals surface area (Å²) in [5, 5.41) is 20.0. The van der Waals surface area contributed by atoms with Crippen LogP contribution < -0.4 is 5.73 Å². The topological polar surface area (TPSA) is 117 Å². The van der Waals surface area contributed by atoms with Crippen LogP contribution in [-0.4, -0.2) is 25.6 Å². The number of carbonyl (C=O) groups excluding carboxylic acids is 1. The zero-order valence-electron chi connectivity index (χ0n) is 15.1. The van der Waals surface area contributed by atoms with E-state index < -0.39 is 16.6 Å². The first-order valence-corrected chi connectivity index (χ1v) is 9.40. The molecule has 3 aromatic rings. The van der Waals surface area contributed by atoms with E-state index in [2.05, 4.69) is 16.8 Å². The molecule has 0 saturated heterocycles. The number of hydrogen-bond acceptors (Lipinski definition) is 6. The average Bonchev–Trinajstić information content (AvgIpc) is 3.09. The predicted octanol–water partition coefficient (Wildman–Crippen LogP) is 3.57. The van der Waals surface area contributed by atoms with Crippen LogP contribution in [0.2, 0.25) is 0 Å². The SMILES string of the molecule is C=CCn1c(SCc2ccc(C(N)=O)cc2[N+](=O)[O-])nnc1-c1ccccc1F. The molecular formula is C19H16FN5O3S. The summed E-state index contributed by atoms with van der Waals surface area (Å²) < 4.78 is 15.9. The Morgan fingerprint density at radius 2 is 2.07 bits per heavy atom. The number of rotatable bonds is 8. The smallest absolute Gasteiger partial charge is 0.274 e. The van der Waals surface area contributed by atoms with E-state index >= 15 is 0 Å². The van der Waals surface area contributed by atoms with Gasteiger partial charge in [0.25, 0.3) is 5.69 Å². The van der Waals surface area contributed by atoms with E-state index in [-0.39, 0.29) is 17.0 Å². The minimum atomic E-state index is -0.743. The van der Waals surface area contributed by atoms with E-state index in [1.54, 1.807) is 28.8 Å². The molecule has 1 aromatic heterocycles. The molecule has 0 unspecified atom stereocenters. The normalized spacial score (nSPS) is 10.7. The van der Waals surface area contributed by atoms with Crippen molar-refractivity contribution < 1.29 is 14.1 Å². The van der Waals surface area contributed by atoms with Crippen LogP contribution in [-0.2, 0) is 12.3 Å². The van der Waals surface area contributed by atoms with Gasteiger partial charge in [-0.05, 0) is 18.2 Å². The van der Waals surface area contributed by atoms with Gasteiger partial charge in [-0.2, -0.15) is 0 Å². The second-order valence-electron chi connectivity index (χ2n) is 5.94. The van der Waals surface area contributed by atoms with Gasteiger partial charge in [0.2, 0.25) is 5.91 Å². The first-order valence-electron chi connectivity index (χ1n) is 8.41. The molecule has 10 heteroatoms. The maximum Gasteiger partial charge on any atom is 0.274 e. The Balaban J connectivity index is 1.92. The van der Waals surface area contributed by atoms with Crippen molar-refractivity contribution in [2.24, 2.45) is 5.73 Å². The van der Waals surface area contributed by atoms with Gasteiger partial charge in [-0.15, -0.1) is 16.8 Å². The largest absolute Gasteiger partial charge is 0.366 e. The van der Waals surface area contributed by atoms with Gasteiger partial charge in [-0.1, -0.05) is 36.0 Å². The Bertz CT molecular complexity index is 1100. The van der Waals surface area contributed by atoms with Crippen LogP contribution in [0.5, 0.6) is 0 Å². The van der Waals surface area contributed by atoms with Crippen molar-refractivity contribution in [3.05, 3.63) is 82.2 Å². The van der Waals surface area contributed by atoms with Crippen LogP contribution in [0, 0.1) is 15.9 Å². The Morgan fingerprint density at radius 3 is 2.72 bits per heavy atom. The molecule has 2 aromatic carbocycles. The summed E-state index contributed by atoms with van der Waals surface area (Å²) in [6, 6.07) is 10.3. The number of amides is 1. The highest BCUT2D eigenvalue weighted by molar-refractivity contribution is 7.98. The van der Waals surface area contributed by atoms with Gasteiger partial charge >= 0.3 is 0 Å². The number of carbonyl (C=O) groups is 1. The lowest BCUT2D eigenvalue weighted by Crippen LogP contribution is -2.11. The molecule has 0 saturated carbocycles. The second kappa shape index (κ2) is 8.65. The maximum atomic E-state index is 14.2. The second-order valence-corrected chi connectivity index (χ2v) is 6.88. The minimum absolute atomic E-state index is 0.0575. The van der Waals surface area contributed by atoms with Gasteiger partial charge in [0, 0.05) is 29.5 Å². The molecule has 1 amide bonds. The summed E-state index contributed by atoms with van der Waals surface area (Å²) in [6.07, 6.45) is 1.63. The zero-order valence-corrected chi connectivity index (χ0v) is 15.9. The molecule has 0 aliphatic heterocycles. The predicted molar refractivity (Wildman–Crippen MR) is 107 cm³/mol. The van der Waals surface area contributed by atoms with Crippen molar-refractivity contribution in [1.82, 2.24) is 14.8 Å². The molecule has 0 spiro atoms. The lowest BCUT2D eigenvalue weighted by atomic mass is 10.1. The molecule has 29 heavy (non-hydrogen) atoms. The number of benzene rings is 2. The molecule has 3 rings (SSSR count). The van der Waals surface area contributed by atoms with Crippen molar-refractivity contribution in [3.8, 4) is 11.4 Å². The molecule has 0 aliphatic rings. The van der Waals surface area contributed by atoms with E-state index in [4.69, 9.17) is 5.73 Å². The Morgan fingerprint density at radius 1 is 1.31 bits per heavy atom. The molecule has 8 nitrogen and oxygen atoms in total. The van der Waals surface area contributed by atoms with Crippen molar-refractivity contribution in [3.63, 3.8) is 0 Å². The summed E-state index contributed by atoms with van der Waals surface area (Å²) in [4.78, 5) is 22.1. The molecule has 2 N–H and O–H groups in total. The van der Waals surface area contributed by atoms with Gasteiger partial charge in [0.15, 0.2) is 11.0 Å². The lowest BCUT2D eigenvalue weighted by molar-refractivity contribution is -0.385. The minimum Gasteiger partial charge on any atom is -0.366 e. The molecule has 0 bridgehead atoms. The standard InChI is InChI=1S/C19H16FN5O3S/c1-2-9-24-18(14-5-3-4-6-15(14)20)22-23-19(24)29-11-13-8-7-12(17(21)26)10-16(13)25(27)28/h2-8,10H,1,9,11H2,(H2,21,26). The highest BCUT2D eigenvalue weighted by Gasteiger charge is 2.20. The maximum absolute atomic E-state index is 14.2. The fourth-order valence-corrected chi connectivity index (χ4v) is 3.63. The van der Waals surface area contributed by atoms with Gasteiger partial charge in [-0.3, -0.25) is 19.5 Å². The van der Waals surface area contributed by atoms with Crippen LogP contribution >= 0.6 is 11.8 Å². The quantitative estimate of drug-likeness (QED) is 0.261. The number of primary amides is 1. The molecule has 0 radical (unpaired) electrons. The monoisotopic (exact) mass is 413 g/mol. The van der Waals surface area contributed by atoms with Crippen LogP contribution in [0.4, 0.5) is 10.1 Å². The third kappa shape index (κ3) is 4.32. The van der Waals surface area contributed by atoms with Gasteiger partial charge < -0.3 is 5.73 Å². The highest BCUT2D eigenvalue weighted by Crippen LogP contribution is 2.31.